The van der Waals surface area contributed by atoms with Crippen molar-refractivity contribution < 1.29 is 13.2 Å². The van der Waals surface area contributed by atoms with E-state index in [0.29, 0.717) is 0 Å². The van der Waals surface area contributed by atoms with Crippen molar-refractivity contribution >= 4 is 0 Å². The number of rotatable bonds is 1. The molecule has 1 heterocycles. The maximum Gasteiger partial charge on any atom is 0.394 e. The highest BCUT2D eigenvalue weighted by atomic mass is 19.4. The Hall–Kier alpha value is -1.07. The van der Waals surface area contributed by atoms with E-state index in [2.05, 4.69) is 10.3 Å². The Morgan fingerprint density at radius 3 is 2.33 bits per heavy atom. The smallest absolute Gasteiger partial charge is 0.246 e. The Labute approximate surface area is 84.3 Å². The van der Waals surface area contributed by atoms with Crippen LogP contribution in [0.4, 0.5) is 13.2 Å². The van der Waals surface area contributed by atoms with Crippen LogP contribution in [0.5, 0.6) is 0 Å². The fourth-order valence-electron chi connectivity index (χ4n) is 2.86. The van der Waals surface area contributed by atoms with Gasteiger partial charge in [-0.05, 0) is 26.2 Å². The molecule has 0 saturated heterocycles. The number of aromatic nitrogens is 3. The Balaban J connectivity index is 1.82. The third-order valence-electron chi connectivity index (χ3n) is 3.70. The van der Waals surface area contributed by atoms with Crippen LogP contribution in [0.2, 0.25) is 0 Å². The molecular weight excluding hydrogens is 207 g/mol. The van der Waals surface area contributed by atoms with Gasteiger partial charge in [0.1, 0.15) is 0 Å². The van der Waals surface area contributed by atoms with Crippen LogP contribution in [0, 0.1) is 12.3 Å². The lowest BCUT2D eigenvalue weighted by Crippen LogP contribution is -2.73. The minimum Gasteiger partial charge on any atom is -0.246 e. The van der Waals surface area contributed by atoms with Crippen LogP contribution in [0.3, 0.4) is 0 Å². The monoisotopic (exact) mass is 217 g/mol. The lowest BCUT2D eigenvalue weighted by atomic mass is 9.39. The quantitative estimate of drug-likeness (QED) is 0.720. The van der Waals surface area contributed by atoms with Gasteiger partial charge in [-0.15, -0.1) is 5.10 Å². The van der Waals surface area contributed by atoms with E-state index >= 15 is 0 Å². The molecule has 3 aliphatic rings. The van der Waals surface area contributed by atoms with Crippen LogP contribution in [-0.2, 0) is 5.54 Å². The number of halogens is 3. The fourth-order valence-corrected chi connectivity index (χ4v) is 2.86. The summed E-state index contributed by atoms with van der Waals surface area (Å²) in [6, 6.07) is 0. The zero-order valence-electron chi connectivity index (χ0n) is 8.17. The van der Waals surface area contributed by atoms with Gasteiger partial charge in [-0.3, -0.25) is 0 Å². The predicted molar refractivity (Wildman–Crippen MR) is 45.1 cm³/mol. The van der Waals surface area contributed by atoms with Gasteiger partial charge >= 0.3 is 6.18 Å². The van der Waals surface area contributed by atoms with Crippen molar-refractivity contribution in [1.29, 1.82) is 0 Å². The normalized spacial score (nSPS) is 38.4. The summed E-state index contributed by atoms with van der Waals surface area (Å²) in [6.45, 7) is 1.79. The molecule has 3 nitrogen and oxygen atoms in total. The number of hydrogen-bond donors (Lipinski definition) is 0. The first-order valence-electron chi connectivity index (χ1n) is 4.83. The summed E-state index contributed by atoms with van der Waals surface area (Å²) >= 11 is 0. The van der Waals surface area contributed by atoms with Crippen molar-refractivity contribution in [3.63, 3.8) is 0 Å². The maximum absolute atomic E-state index is 12.6. The molecule has 2 bridgehead atoms. The van der Waals surface area contributed by atoms with E-state index in [0.717, 1.165) is 5.69 Å². The van der Waals surface area contributed by atoms with Gasteiger partial charge in [0.2, 0.25) is 0 Å². The van der Waals surface area contributed by atoms with Crippen LogP contribution >= 0.6 is 0 Å². The molecule has 0 spiro atoms. The van der Waals surface area contributed by atoms with Gasteiger partial charge in [-0.2, -0.15) is 13.2 Å². The molecule has 0 radical (unpaired) electrons. The predicted octanol–water partition coefficient (Wildman–Crippen LogP) is 2.03. The Bertz CT molecular complexity index is 401. The summed E-state index contributed by atoms with van der Waals surface area (Å²) in [7, 11) is 0. The van der Waals surface area contributed by atoms with Crippen molar-refractivity contribution in [2.75, 3.05) is 0 Å². The van der Waals surface area contributed by atoms with Gasteiger partial charge in [0.05, 0.1) is 16.6 Å². The summed E-state index contributed by atoms with van der Waals surface area (Å²) in [5.74, 6) is 0. The third kappa shape index (κ3) is 0.922. The standard InChI is InChI=1S/C9H10F3N3/c1-6-2-15(14-13-6)8-3-7(4-8,5-8)9(10,11)12/h2H,3-5H2,1H3. The lowest BCUT2D eigenvalue weighted by Gasteiger charge is -2.69. The largest absolute Gasteiger partial charge is 0.394 e. The van der Waals surface area contributed by atoms with Gasteiger partial charge in [-0.1, -0.05) is 5.21 Å². The average Bonchev–Trinajstić information content (AvgIpc) is 2.25. The zero-order valence-corrected chi connectivity index (χ0v) is 8.17. The summed E-state index contributed by atoms with van der Waals surface area (Å²) in [5, 5.41) is 7.67. The van der Waals surface area contributed by atoms with Gasteiger partial charge in [-0.25, -0.2) is 4.68 Å². The van der Waals surface area contributed by atoms with E-state index in [1.807, 2.05) is 0 Å². The molecule has 3 aliphatic carbocycles. The minimum absolute atomic E-state index is 0.173. The van der Waals surface area contributed by atoms with Crippen LogP contribution < -0.4 is 0 Å². The van der Waals surface area contributed by atoms with Crippen molar-refractivity contribution in [3.05, 3.63) is 11.9 Å². The van der Waals surface area contributed by atoms with E-state index < -0.39 is 11.6 Å². The van der Waals surface area contributed by atoms with E-state index in [9.17, 15) is 13.2 Å². The van der Waals surface area contributed by atoms with Crippen molar-refractivity contribution in [1.82, 2.24) is 15.0 Å². The molecule has 0 unspecified atom stereocenters. The highest BCUT2D eigenvalue weighted by molar-refractivity contribution is 5.23. The van der Waals surface area contributed by atoms with Crippen LogP contribution in [0.15, 0.2) is 6.20 Å². The molecule has 15 heavy (non-hydrogen) atoms. The Morgan fingerprint density at radius 1 is 1.33 bits per heavy atom. The molecule has 4 rings (SSSR count). The maximum atomic E-state index is 12.6. The van der Waals surface area contributed by atoms with Crippen molar-refractivity contribution in [2.45, 2.75) is 37.9 Å². The zero-order chi connectivity index (χ0) is 10.9. The lowest BCUT2D eigenvalue weighted by molar-refractivity contribution is -0.356. The molecule has 3 saturated carbocycles. The summed E-state index contributed by atoms with van der Waals surface area (Å²) in [4.78, 5) is 0. The van der Waals surface area contributed by atoms with E-state index in [4.69, 9.17) is 0 Å². The fraction of sp³-hybridized carbons (Fsp3) is 0.778. The summed E-state index contributed by atoms with van der Waals surface area (Å²) < 4.78 is 39.3. The van der Waals surface area contributed by atoms with Crippen molar-refractivity contribution in [2.24, 2.45) is 5.41 Å². The molecule has 0 amide bonds. The second kappa shape index (κ2) is 2.20. The molecule has 1 aromatic heterocycles. The van der Waals surface area contributed by atoms with Gasteiger partial charge < -0.3 is 0 Å². The molecule has 1 aromatic rings. The van der Waals surface area contributed by atoms with E-state index in [1.165, 1.54) is 0 Å². The van der Waals surface area contributed by atoms with Crippen LogP contribution in [-0.4, -0.2) is 21.2 Å². The molecule has 0 N–H and O–H groups in total. The van der Waals surface area contributed by atoms with Crippen LogP contribution in [0.25, 0.3) is 0 Å². The second-order valence-electron chi connectivity index (χ2n) is 4.84. The average molecular weight is 217 g/mol. The van der Waals surface area contributed by atoms with Gasteiger partial charge in [0.25, 0.3) is 0 Å². The van der Waals surface area contributed by atoms with E-state index in [1.54, 1.807) is 17.8 Å². The summed E-state index contributed by atoms with van der Waals surface area (Å²) in [5.41, 5.74) is -1.04. The van der Waals surface area contributed by atoms with Crippen molar-refractivity contribution in [3.8, 4) is 0 Å². The Morgan fingerprint density at radius 2 is 1.93 bits per heavy atom. The molecule has 0 aromatic carbocycles. The molecule has 82 valence electrons. The number of aryl methyl sites for hydroxylation is 1. The molecule has 6 heteroatoms. The Kier molecular flexibility index (Phi) is 1.35. The first-order chi connectivity index (χ1) is 6.87. The molecular formula is C9H10F3N3. The number of hydrogen-bond acceptors (Lipinski definition) is 2. The highest BCUT2D eigenvalue weighted by Gasteiger charge is 2.79. The van der Waals surface area contributed by atoms with Gasteiger partial charge in [0.15, 0.2) is 0 Å². The third-order valence-corrected chi connectivity index (χ3v) is 3.70. The molecule has 0 atom stereocenters. The highest BCUT2D eigenvalue weighted by Crippen LogP contribution is 2.76. The summed E-state index contributed by atoms with van der Waals surface area (Å²) in [6.07, 6.45) is -1.81. The minimum atomic E-state index is -4.05. The van der Waals surface area contributed by atoms with Gasteiger partial charge in [0, 0.05) is 6.20 Å². The van der Waals surface area contributed by atoms with E-state index in [-0.39, 0.29) is 24.8 Å². The SMILES string of the molecule is Cc1cn(C23CC(C(F)(F)F)(C2)C3)nn1. The molecule has 3 fully saturated rings. The second-order valence-corrected chi connectivity index (χ2v) is 4.84. The first-order valence-corrected chi connectivity index (χ1v) is 4.83. The number of nitrogens with zero attached hydrogens (tertiary/aromatic N) is 3. The van der Waals surface area contributed by atoms with Crippen LogP contribution in [0.1, 0.15) is 25.0 Å². The molecule has 0 aliphatic heterocycles. The topological polar surface area (TPSA) is 30.7 Å². The first kappa shape index (κ1) is 9.18. The number of alkyl halides is 3.